The molecule has 1 aliphatic carbocycles. The van der Waals surface area contributed by atoms with Crippen LogP contribution < -0.4 is 5.32 Å². The van der Waals surface area contributed by atoms with Crippen molar-refractivity contribution in [2.24, 2.45) is 11.3 Å². The van der Waals surface area contributed by atoms with Crippen LogP contribution in [0.25, 0.3) is 11.1 Å². The predicted octanol–water partition coefficient (Wildman–Crippen LogP) is 5.45. The minimum Gasteiger partial charge on any atom is -0.445 e. The van der Waals surface area contributed by atoms with Crippen molar-refractivity contribution >= 4 is 17.7 Å². The quantitative estimate of drug-likeness (QED) is 0.712. The van der Waals surface area contributed by atoms with E-state index in [4.69, 9.17) is 16.3 Å². The average Bonchev–Trinajstić information content (AvgIpc) is 2.98. The van der Waals surface area contributed by atoms with E-state index in [1.54, 1.807) is 0 Å². The minimum absolute atomic E-state index is 0.0249. The third-order valence-electron chi connectivity index (χ3n) is 7.18. The Kier molecular flexibility index (Phi) is 5.03. The lowest BCUT2D eigenvalue weighted by Gasteiger charge is -2.44. The number of amides is 1. The molecule has 1 unspecified atom stereocenters. The third-order valence-corrected chi connectivity index (χ3v) is 7.43. The van der Waals surface area contributed by atoms with E-state index in [0.717, 1.165) is 55.0 Å². The number of carbonyl (C=O) groups excluding carboxylic acids is 1. The van der Waals surface area contributed by atoms with Gasteiger partial charge in [-0.3, -0.25) is 4.90 Å². The Bertz CT molecular complexity index is 948. The van der Waals surface area contributed by atoms with Gasteiger partial charge in [-0.05, 0) is 84.1 Å². The van der Waals surface area contributed by atoms with Gasteiger partial charge in [-0.2, -0.15) is 0 Å². The first-order valence-electron chi connectivity index (χ1n) is 11.0. The Balaban J connectivity index is 1.35. The zero-order chi connectivity index (χ0) is 20.9. The Morgan fingerprint density at radius 1 is 1.10 bits per heavy atom. The van der Waals surface area contributed by atoms with Crippen molar-refractivity contribution < 1.29 is 9.53 Å². The van der Waals surface area contributed by atoms with Gasteiger partial charge in [-0.1, -0.05) is 49.7 Å². The summed E-state index contributed by atoms with van der Waals surface area (Å²) in [5.41, 5.74) is 4.69. The van der Waals surface area contributed by atoms with E-state index >= 15 is 0 Å². The molecule has 5 heteroatoms. The molecule has 3 saturated heterocycles. The highest BCUT2D eigenvalue weighted by Gasteiger charge is 2.42. The molecule has 0 saturated carbocycles. The lowest BCUT2D eigenvalue weighted by molar-refractivity contribution is -0.0348. The second-order valence-corrected chi connectivity index (χ2v) is 10.2. The van der Waals surface area contributed by atoms with Crippen molar-refractivity contribution in [2.75, 3.05) is 19.6 Å². The minimum atomic E-state index is -0.281. The van der Waals surface area contributed by atoms with E-state index in [-0.39, 0.29) is 23.7 Å². The fraction of sp³-hybridized carbons (Fsp3) is 0.480. The molecule has 3 aliphatic heterocycles. The highest BCUT2D eigenvalue weighted by molar-refractivity contribution is 6.30. The lowest BCUT2D eigenvalue weighted by atomic mass is 9.85. The molecule has 3 fully saturated rings. The van der Waals surface area contributed by atoms with Gasteiger partial charge in [0.2, 0.25) is 0 Å². The van der Waals surface area contributed by atoms with Crippen LogP contribution in [-0.4, -0.2) is 36.7 Å². The zero-order valence-corrected chi connectivity index (χ0v) is 18.4. The van der Waals surface area contributed by atoms with Crippen molar-refractivity contribution in [3.05, 3.63) is 58.6 Å². The number of piperidine rings is 3. The summed E-state index contributed by atoms with van der Waals surface area (Å²) in [7, 11) is 0. The van der Waals surface area contributed by atoms with E-state index in [2.05, 4.69) is 42.3 Å². The van der Waals surface area contributed by atoms with Crippen molar-refractivity contribution in [1.29, 1.82) is 0 Å². The number of hydrogen-bond acceptors (Lipinski definition) is 3. The maximum absolute atomic E-state index is 12.9. The summed E-state index contributed by atoms with van der Waals surface area (Å²) in [6.07, 6.45) is 2.96. The van der Waals surface area contributed by atoms with Gasteiger partial charge in [0.15, 0.2) is 0 Å². The van der Waals surface area contributed by atoms with Crippen LogP contribution in [-0.2, 0) is 11.2 Å². The predicted molar refractivity (Wildman–Crippen MR) is 120 cm³/mol. The van der Waals surface area contributed by atoms with Gasteiger partial charge >= 0.3 is 6.09 Å². The van der Waals surface area contributed by atoms with Gasteiger partial charge in [0.1, 0.15) is 6.10 Å². The van der Waals surface area contributed by atoms with Gasteiger partial charge in [-0.15, -0.1) is 0 Å². The summed E-state index contributed by atoms with van der Waals surface area (Å²) < 4.78 is 5.92. The maximum Gasteiger partial charge on any atom is 0.407 e. The number of halogens is 1. The van der Waals surface area contributed by atoms with E-state index in [1.807, 2.05) is 24.3 Å². The molecule has 2 bridgehead atoms. The normalized spacial score (nSPS) is 28.8. The summed E-state index contributed by atoms with van der Waals surface area (Å²) in [4.78, 5) is 15.3. The fourth-order valence-electron chi connectivity index (χ4n) is 5.47. The zero-order valence-electron chi connectivity index (χ0n) is 17.7. The molecule has 2 aromatic rings. The molecule has 2 atom stereocenters. The van der Waals surface area contributed by atoms with Crippen LogP contribution in [0.1, 0.15) is 43.9 Å². The molecule has 0 aromatic heterocycles. The summed E-state index contributed by atoms with van der Waals surface area (Å²) in [5, 5.41) is 3.95. The van der Waals surface area contributed by atoms with Gasteiger partial charge < -0.3 is 10.1 Å². The Hall–Kier alpha value is -2.04. The number of alkyl carbamates (subject to hydrolysis) is 1. The summed E-state index contributed by atoms with van der Waals surface area (Å²) >= 11 is 6.05. The van der Waals surface area contributed by atoms with Crippen LogP contribution in [0.15, 0.2) is 42.5 Å². The van der Waals surface area contributed by atoms with Crippen LogP contribution in [0.4, 0.5) is 4.79 Å². The SMILES string of the molecule is CC1(C)Cc2ccc(-c3ccc(Cl)cc3)cc2C1NC(=O)O[C@H]1CN2CCC1CC2. The van der Waals surface area contributed by atoms with Gasteiger partial charge in [0, 0.05) is 11.6 Å². The molecular weight excluding hydrogens is 396 g/mol. The highest BCUT2D eigenvalue weighted by atomic mass is 35.5. The van der Waals surface area contributed by atoms with Crippen LogP contribution in [0.2, 0.25) is 5.02 Å². The summed E-state index contributed by atoms with van der Waals surface area (Å²) in [6, 6.07) is 14.4. The van der Waals surface area contributed by atoms with E-state index < -0.39 is 0 Å². The van der Waals surface area contributed by atoms with Crippen molar-refractivity contribution in [1.82, 2.24) is 10.2 Å². The first-order chi connectivity index (χ1) is 14.4. The fourth-order valence-corrected chi connectivity index (χ4v) is 5.59. The number of nitrogens with one attached hydrogen (secondary N) is 1. The Morgan fingerprint density at radius 3 is 2.47 bits per heavy atom. The summed E-state index contributed by atoms with van der Waals surface area (Å²) in [5.74, 6) is 0.515. The monoisotopic (exact) mass is 424 g/mol. The highest BCUT2D eigenvalue weighted by Crippen LogP contribution is 2.46. The number of carbonyl (C=O) groups is 1. The molecule has 0 spiro atoms. The number of fused-ring (bicyclic) bond motifs is 4. The van der Waals surface area contributed by atoms with Crippen LogP contribution in [0.5, 0.6) is 0 Å². The van der Waals surface area contributed by atoms with E-state index in [1.165, 1.54) is 11.1 Å². The van der Waals surface area contributed by atoms with Gasteiger partial charge in [0.25, 0.3) is 0 Å². The van der Waals surface area contributed by atoms with E-state index in [9.17, 15) is 4.79 Å². The molecule has 4 nitrogen and oxygen atoms in total. The molecule has 0 radical (unpaired) electrons. The van der Waals surface area contributed by atoms with Gasteiger partial charge in [0.05, 0.1) is 6.04 Å². The maximum atomic E-state index is 12.9. The van der Waals surface area contributed by atoms with Crippen LogP contribution >= 0.6 is 11.6 Å². The number of ether oxygens (including phenoxy) is 1. The van der Waals surface area contributed by atoms with Crippen LogP contribution in [0, 0.1) is 11.3 Å². The van der Waals surface area contributed by atoms with Crippen molar-refractivity contribution in [3.8, 4) is 11.1 Å². The third kappa shape index (κ3) is 3.72. The van der Waals surface area contributed by atoms with Gasteiger partial charge in [-0.25, -0.2) is 4.79 Å². The molecule has 2 aromatic carbocycles. The molecule has 30 heavy (non-hydrogen) atoms. The molecule has 6 rings (SSSR count). The molecule has 3 heterocycles. The number of nitrogens with zero attached hydrogens (tertiary/aromatic N) is 1. The number of benzene rings is 2. The number of rotatable bonds is 3. The van der Waals surface area contributed by atoms with Crippen molar-refractivity contribution in [2.45, 2.75) is 45.3 Å². The summed E-state index contributed by atoms with van der Waals surface area (Å²) in [6.45, 7) is 7.59. The molecule has 4 aliphatic rings. The van der Waals surface area contributed by atoms with Crippen LogP contribution in [0.3, 0.4) is 0 Å². The second kappa shape index (κ2) is 7.58. The first-order valence-corrected chi connectivity index (χ1v) is 11.4. The number of hydrogen-bond donors (Lipinski definition) is 1. The lowest BCUT2D eigenvalue weighted by Crippen LogP contribution is -2.53. The standard InChI is InChI=1S/C25H29ClN2O2/c1-25(2)14-19-4-3-18(16-5-7-20(26)8-6-16)13-21(19)23(25)27-24(29)30-22-15-28-11-9-17(22)10-12-28/h3-8,13,17,22-23H,9-12,14-15H2,1-2H3,(H,27,29)/t22-,23?/m0/s1. The largest absolute Gasteiger partial charge is 0.445 e. The Labute approximate surface area is 183 Å². The second-order valence-electron chi connectivity index (χ2n) is 9.74. The molecule has 158 valence electrons. The average molecular weight is 425 g/mol. The first kappa shape index (κ1) is 19.9. The topological polar surface area (TPSA) is 41.6 Å². The molecule has 1 amide bonds. The van der Waals surface area contributed by atoms with Crippen molar-refractivity contribution in [3.63, 3.8) is 0 Å². The Morgan fingerprint density at radius 2 is 1.80 bits per heavy atom. The molecular formula is C25H29ClN2O2. The molecule has 1 N–H and O–H groups in total. The van der Waals surface area contributed by atoms with E-state index in [0.29, 0.717) is 5.92 Å². The smallest absolute Gasteiger partial charge is 0.407 e.